The molecule has 0 atom stereocenters. The number of anilines is 1. The van der Waals surface area contributed by atoms with Crippen LogP contribution in [0.1, 0.15) is 69.9 Å². The molecule has 2 aliphatic rings. The van der Waals surface area contributed by atoms with E-state index in [1.54, 1.807) is 13.8 Å². The highest BCUT2D eigenvalue weighted by Gasteiger charge is 2.30. The number of halogens is 1. The topological polar surface area (TPSA) is 67.2 Å². The lowest BCUT2D eigenvalue weighted by molar-refractivity contribution is -0.119. The summed E-state index contributed by atoms with van der Waals surface area (Å²) < 4.78 is 2.14. The van der Waals surface area contributed by atoms with Crippen LogP contribution >= 0.6 is 11.6 Å². The van der Waals surface area contributed by atoms with Crippen LogP contribution in [0.2, 0.25) is 5.02 Å². The van der Waals surface area contributed by atoms with Crippen LogP contribution in [0.3, 0.4) is 0 Å². The molecule has 0 unspecified atom stereocenters. The Bertz CT molecular complexity index is 829. The second kappa shape index (κ2) is 5.99. The molecule has 0 aliphatic heterocycles. The fourth-order valence-electron chi connectivity index (χ4n) is 3.49. The van der Waals surface area contributed by atoms with E-state index in [0.29, 0.717) is 22.9 Å². The number of amides is 1. The summed E-state index contributed by atoms with van der Waals surface area (Å²) in [6.45, 7) is 3.25. The Balaban J connectivity index is 1.75. The summed E-state index contributed by atoms with van der Waals surface area (Å²) >= 11 is 6.50. The molecule has 134 valence electrons. The Morgan fingerprint density at radius 3 is 2.64 bits per heavy atom. The van der Waals surface area contributed by atoms with Gasteiger partial charge in [-0.05, 0) is 69.6 Å². The SMILES string of the molecule is CC(C)(O)CC(=O)Nc1nc2c(Cl)cc(C3CC3)cc2n1C1CCC1. The van der Waals surface area contributed by atoms with Crippen molar-refractivity contribution >= 4 is 34.5 Å². The van der Waals surface area contributed by atoms with E-state index in [2.05, 4.69) is 20.9 Å². The minimum atomic E-state index is -1.05. The first-order valence-corrected chi connectivity index (χ1v) is 9.43. The molecule has 0 radical (unpaired) electrons. The first kappa shape index (κ1) is 16.9. The number of imidazole rings is 1. The minimum Gasteiger partial charge on any atom is -0.390 e. The third-order valence-corrected chi connectivity index (χ3v) is 5.39. The normalized spacial score (nSPS) is 18.4. The fraction of sp³-hybridized carbons (Fsp3) is 0.579. The average molecular weight is 362 g/mol. The lowest BCUT2D eigenvalue weighted by Gasteiger charge is -2.29. The van der Waals surface area contributed by atoms with Crippen LogP contribution in [0.5, 0.6) is 0 Å². The summed E-state index contributed by atoms with van der Waals surface area (Å²) in [7, 11) is 0. The summed E-state index contributed by atoms with van der Waals surface area (Å²) in [4.78, 5) is 16.9. The standard InChI is InChI=1S/C19H24ClN3O2/c1-19(2,25)10-16(24)21-18-22-17-14(20)8-12(11-6-7-11)9-15(17)23(18)13-4-3-5-13/h8-9,11,13,25H,3-7,10H2,1-2H3,(H,21,22,24). The van der Waals surface area contributed by atoms with Gasteiger partial charge in [0.25, 0.3) is 0 Å². The predicted octanol–water partition coefficient (Wildman–Crippen LogP) is 4.39. The summed E-state index contributed by atoms with van der Waals surface area (Å²) in [5.74, 6) is 0.922. The van der Waals surface area contributed by atoms with Crippen molar-refractivity contribution in [3.8, 4) is 0 Å². The first-order chi connectivity index (χ1) is 11.8. The third-order valence-electron chi connectivity index (χ3n) is 5.10. The van der Waals surface area contributed by atoms with Crippen molar-refractivity contribution in [2.75, 3.05) is 5.32 Å². The highest BCUT2D eigenvalue weighted by Crippen LogP contribution is 2.44. The van der Waals surface area contributed by atoms with Crippen molar-refractivity contribution in [1.82, 2.24) is 9.55 Å². The molecule has 2 N–H and O–H groups in total. The van der Waals surface area contributed by atoms with Crippen LogP contribution in [0, 0.1) is 0 Å². The molecule has 0 saturated heterocycles. The van der Waals surface area contributed by atoms with Crippen LogP contribution in [-0.2, 0) is 4.79 Å². The molecule has 2 aliphatic carbocycles. The van der Waals surface area contributed by atoms with E-state index in [9.17, 15) is 9.90 Å². The third kappa shape index (κ3) is 3.40. The number of carbonyl (C=O) groups is 1. The van der Waals surface area contributed by atoms with Gasteiger partial charge in [0.05, 0.1) is 22.6 Å². The van der Waals surface area contributed by atoms with E-state index in [1.165, 1.54) is 24.8 Å². The Hall–Kier alpha value is -1.59. The lowest BCUT2D eigenvalue weighted by Crippen LogP contribution is -2.29. The number of carbonyl (C=O) groups excluding carboxylic acids is 1. The molecule has 1 heterocycles. The van der Waals surface area contributed by atoms with Gasteiger partial charge in [-0.25, -0.2) is 4.98 Å². The smallest absolute Gasteiger partial charge is 0.229 e. The van der Waals surface area contributed by atoms with Gasteiger partial charge >= 0.3 is 0 Å². The molecule has 2 fully saturated rings. The molecule has 2 aromatic rings. The van der Waals surface area contributed by atoms with Crippen molar-refractivity contribution in [3.63, 3.8) is 0 Å². The summed E-state index contributed by atoms with van der Waals surface area (Å²) in [6, 6.07) is 4.56. The molecule has 6 heteroatoms. The Morgan fingerprint density at radius 1 is 1.36 bits per heavy atom. The molecule has 5 nitrogen and oxygen atoms in total. The molecule has 1 aromatic carbocycles. The highest BCUT2D eigenvalue weighted by molar-refractivity contribution is 6.35. The second-order valence-corrected chi connectivity index (χ2v) is 8.48. The number of fused-ring (bicyclic) bond motifs is 1. The molecule has 0 spiro atoms. The predicted molar refractivity (Wildman–Crippen MR) is 99.2 cm³/mol. The number of aromatic nitrogens is 2. The number of hydrogen-bond donors (Lipinski definition) is 2. The van der Waals surface area contributed by atoms with Crippen LogP contribution in [0.4, 0.5) is 5.95 Å². The second-order valence-electron chi connectivity index (χ2n) is 8.07. The molecule has 0 bridgehead atoms. The van der Waals surface area contributed by atoms with Gasteiger partial charge in [-0.15, -0.1) is 0 Å². The zero-order valence-corrected chi connectivity index (χ0v) is 15.4. The maximum atomic E-state index is 12.3. The molecular weight excluding hydrogens is 338 g/mol. The van der Waals surface area contributed by atoms with Gasteiger partial charge in [0.15, 0.2) is 0 Å². The molecule has 1 amide bonds. The molecule has 4 rings (SSSR count). The molecule has 2 saturated carbocycles. The van der Waals surface area contributed by atoms with Gasteiger partial charge in [0.2, 0.25) is 11.9 Å². The van der Waals surface area contributed by atoms with Gasteiger partial charge in [-0.2, -0.15) is 0 Å². The van der Waals surface area contributed by atoms with Crippen molar-refractivity contribution < 1.29 is 9.90 Å². The summed E-state index contributed by atoms with van der Waals surface area (Å²) in [5.41, 5.74) is 1.98. The van der Waals surface area contributed by atoms with Crippen LogP contribution in [0.15, 0.2) is 12.1 Å². The molecule has 1 aromatic heterocycles. The first-order valence-electron chi connectivity index (χ1n) is 9.05. The number of rotatable bonds is 5. The number of aliphatic hydroxyl groups is 1. The zero-order chi connectivity index (χ0) is 17.8. The van der Waals surface area contributed by atoms with Crippen LogP contribution in [-0.4, -0.2) is 26.2 Å². The maximum Gasteiger partial charge on any atom is 0.229 e. The van der Waals surface area contributed by atoms with Gasteiger partial charge in [0, 0.05) is 6.04 Å². The Morgan fingerprint density at radius 2 is 2.08 bits per heavy atom. The fourth-order valence-corrected chi connectivity index (χ4v) is 3.76. The van der Waals surface area contributed by atoms with Crippen molar-refractivity contribution in [2.24, 2.45) is 0 Å². The van der Waals surface area contributed by atoms with E-state index in [1.807, 2.05) is 6.07 Å². The number of benzene rings is 1. The van der Waals surface area contributed by atoms with E-state index in [0.717, 1.165) is 23.9 Å². The summed E-state index contributed by atoms with van der Waals surface area (Å²) in [5, 5.41) is 13.4. The van der Waals surface area contributed by atoms with Crippen LogP contribution < -0.4 is 5.32 Å². The molecule has 25 heavy (non-hydrogen) atoms. The number of hydrogen-bond acceptors (Lipinski definition) is 3. The maximum absolute atomic E-state index is 12.3. The van der Waals surface area contributed by atoms with Gasteiger partial charge in [-0.3, -0.25) is 10.1 Å². The van der Waals surface area contributed by atoms with Crippen molar-refractivity contribution in [1.29, 1.82) is 0 Å². The summed E-state index contributed by atoms with van der Waals surface area (Å²) in [6.07, 6.45) is 5.83. The van der Waals surface area contributed by atoms with E-state index < -0.39 is 5.60 Å². The van der Waals surface area contributed by atoms with Crippen molar-refractivity contribution in [3.05, 3.63) is 22.7 Å². The van der Waals surface area contributed by atoms with E-state index in [4.69, 9.17) is 11.6 Å². The average Bonchev–Trinajstić information content (AvgIpc) is 3.21. The number of nitrogens with one attached hydrogen (secondary N) is 1. The van der Waals surface area contributed by atoms with Crippen molar-refractivity contribution in [2.45, 2.75) is 69.9 Å². The van der Waals surface area contributed by atoms with Gasteiger partial charge in [-0.1, -0.05) is 11.6 Å². The van der Waals surface area contributed by atoms with E-state index in [-0.39, 0.29) is 12.3 Å². The largest absolute Gasteiger partial charge is 0.390 e. The monoisotopic (exact) mass is 361 g/mol. The van der Waals surface area contributed by atoms with Gasteiger partial charge < -0.3 is 9.67 Å². The Labute approximate surface area is 152 Å². The number of nitrogens with zero attached hydrogens (tertiary/aromatic N) is 2. The van der Waals surface area contributed by atoms with Gasteiger partial charge in [0.1, 0.15) is 5.52 Å². The van der Waals surface area contributed by atoms with Crippen LogP contribution in [0.25, 0.3) is 11.0 Å². The molecular formula is C19H24ClN3O2. The van der Waals surface area contributed by atoms with E-state index >= 15 is 0 Å². The lowest BCUT2D eigenvalue weighted by atomic mass is 9.92. The minimum absolute atomic E-state index is 0.0297. The highest BCUT2D eigenvalue weighted by atomic mass is 35.5. The Kier molecular flexibility index (Phi) is 4.04. The zero-order valence-electron chi connectivity index (χ0n) is 14.7. The quantitative estimate of drug-likeness (QED) is 0.829.